The lowest BCUT2D eigenvalue weighted by Crippen LogP contribution is -2.40. The summed E-state index contributed by atoms with van der Waals surface area (Å²) in [6, 6.07) is -0.0240. The molecule has 0 aliphatic heterocycles. The molecule has 0 saturated heterocycles. The minimum Gasteiger partial charge on any atom is -0.460 e. The predicted molar refractivity (Wildman–Crippen MR) is 125 cm³/mol. The third kappa shape index (κ3) is 12.4. The van der Waals surface area contributed by atoms with E-state index in [1.165, 1.54) is 32.1 Å². The topological polar surface area (TPSA) is 55.4 Å². The zero-order valence-corrected chi connectivity index (χ0v) is 20.4. The summed E-state index contributed by atoms with van der Waals surface area (Å²) in [6.45, 7) is 13.5. The molecule has 172 valence electrons. The van der Waals surface area contributed by atoms with Crippen LogP contribution in [-0.2, 0) is 14.3 Å². The van der Waals surface area contributed by atoms with Crippen molar-refractivity contribution < 1.29 is 14.3 Å². The SMILES string of the molecule is C=C(Cl)C[C@@H](CC(=O)OC(C)(C)C)C(=O)N[C@H](/C=C\CC(C)C)CC1CCCCC1. The van der Waals surface area contributed by atoms with E-state index < -0.39 is 11.5 Å². The summed E-state index contributed by atoms with van der Waals surface area (Å²) >= 11 is 6.00. The van der Waals surface area contributed by atoms with Crippen LogP contribution in [0.4, 0.5) is 0 Å². The number of carbonyl (C=O) groups is 2. The van der Waals surface area contributed by atoms with E-state index in [1.54, 1.807) is 0 Å². The maximum atomic E-state index is 13.1. The Labute approximate surface area is 188 Å². The van der Waals surface area contributed by atoms with Crippen molar-refractivity contribution in [2.45, 2.75) is 104 Å². The average molecular weight is 440 g/mol. The third-order valence-electron chi connectivity index (χ3n) is 5.29. The maximum absolute atomic E-state index is 13.1. The molecule has 1 amide bonds. The van der Waals surface area contributed by atoms with Crippen LogP contribution >= 0.6 is 11.6 Å². The van der Waals surface area contributed by atoms with Crippen molar-refractivity contribution in [1.29, 1.82) is 0 Å². The Hall–Kier alpha value is -1.29. The van der Waals surface area contributed by atoms with Gasteiger partial charge in [-0.3, -0.25) is 9.59 Å². The molecular formula is C25H42ClNO3. The zero-order valence-electron chi connectivity index (χ0n) is 19.6. The smallest absolute Gasteiger partial charge is 0.307 e. The lowest BCUT2D eigenvalue weighted by atomic mass is 9.84. The molecule has 1 saturated carbocycles. The van der Waals surface area contributed by atoms with Gasteiger partial charge in [0.05, 0.1) is 12.3 Å². The van der Waals surface area contributed by atoms with Crippen molar-refractivity contribution in [2.24, 2.45) is 17.8 Å². The van der Waals surface area contributed by atoms with Crippen LogP contribution in [-0.4, -0.2) is 23.5 Å². The number of hydrogen-bond donors (Lipinski definition) is 1. The molecule has 0 radical (unpaired) electrons. The van der Waals surface area contributed by atoms with Gasteiger partial charge in [-0.15, -0.1) is 0 Å². The van der Waals surface area contributed by atoms with E-state index in [9.17, 15) is 9.59 Å². The van der Waals surface area contributed by atoms with Crippen molar-refractivity contribution in [1.82, 2.24) is 5.32 Å². The van der Waals surface area contributed by atoms with Gasteiger partial charge in [-0.05, 0) is 51.9 Å². The van der Waals surface area contributed by atoms with Crippen molar-refractivity contribution in [3.8, 4) is 0 Å². The molecule has 1 N–H and O–H groups in total. The fourth-order valence-electron chi connectivity index (χ4n) is 3.89. The molecular weight excluding hydrogens is 398 g/mol. The van der Waals surface area contributed by atoms with E-state index in [1.807, 2.05) is 20.8 Å². The molecule has 1 aliphatic rings. The van der Waals surface area contributed by atoms with Crippen molar-refractivity contribution >= 4 is 23.5 Å². The van der Waals surface area contributed by atoms with E-state index >= 15 is 0 Å². The van der Waals surface area contributed by atoms with E-state index in [2.05, 4.69) is 37.9 Å². The molecule has 4 nitrogen and oxygen atoms in total. The van der Waals surface area contributed by atoms with Gasteiger partial charge in [0, 0.05) is 11.1 Å². The molecule has 0 aromatic heterocycles. The van der Waals surface area contributed by atoms with Crippen LogP contribution in [0.2, 0.25) is 0 Å². The van der Waals surface area contributed by atoms with Crippen LogP contribution in [0.5, 0.6) is 0 Å². The quantitative estimate of drug-likeness (QED) is 0.294. The Kier molecular flexibility index (Phi) is 11.8. The molecule has 30 heavy (non-hydrogen) atoms. The minimum atomic E-state index is -0.584. The molecule has 1 rings (SSSR count). The summed E-state index contributed by atoms with van der Waals surface area (Å²) in [4.78, 5) is 25.4. The predicted octanol–water partition coefficient (Wildman–Crippen LogP) is 6.53. The minimum absolute atomic E-state index is 0.000695. The Balaban J connectivity index is 2.83. The molecule has 0 aromatic carbocycles. The number of rotatable bonds is 11. The number of ether oxygens (including phenoxy) is 1. The number of allylic oxidation sites excluding steroid dienone is 2. The highest BCUT2D eigenvalue weighted by Gasteiger charge is 2.28. The molecule has 1 aliphatic carbocycles. The molecule has 5 heteroatoms. The van der Waals surface area contributed by atoms with Crippen LogP contribution < -0.4 is 5.32 Å². The van der Waals surface area contributed by atoms with E-state index in [0.29, 0.717) is 16.9 Å². The fraction of sp³-hybridized carbons (Fsp3) is 0.760. The second kappa shape index (κ2) is 13.2. The molecule has 0 aromatic rings. The van der Waals surface area contributed by atoms with Gasteiger partial charge in [0.2, 0.25) is 5.91 Å². The molecule has 0 heterocycles. The number of esters is 1. The van der Waals surface area contributed by atoms with Crippen LogP contribution in [0.25, 0.3) is 0 Å². The number of halogens is 1. The first-order valence-electron chi connectivity index (χ1n) is 11.5. The molecule has 1 fully saturated rings. The Morgan fingerprint density at radius 3 is 2.33 bits per heavy atom. The Morgan fingerprint density at radius 1 is 1.17 bits per heavy atom. The molecule has 0 spiro atoms. The van der Waals surface area contributed by atoms with Gasteiger partial charge in [-0.1, -0.05) is 76.3 Å². The fourth-order valence-corrected chi connectivity index (χ4v) is 4.08. The largest absolute Gasteiger partial charge is 0.460 e. The lowest BCUT2D eigenvalue weighted by Gasteiger charge is -2.27. The second-order valence-corrected chi connectivity index (χ2v) is 10.7. The summed E-state index contributed by atoms with van der Waals surface area (Å²) in [5.74, 6) is 0.0986. The van der Waals surface area contributed by atoms with Gasteiger partial charge in [0.25, 0.3) is 0 Å². The van der Waals surface area contributed by atoms with Gasteiger partial charge < -0.3 is 10.1 Å². The van der Waals surface area contributed by atoms with Crippen molar-refractivity contribution in [2.75, 3.05) is 0 Å². The highest BCUT2D eigenvalue weighted by Crippen LogP contribution is 2.28. The van der Waals surface area contributed by atoms with E-state index in [-0.39, 0.29) is 30.8 Å². The summed E-state index contributed by atoms with van der Waals surface area (Å²) in [5.41, 5.74) is -0.584. The Bertz CT molecular complexity index is 586. The van der Waals surface area contributed by atoms with Crippen LogP contribution in [0.3, 0.4) is 0 Å². The maximum Gasteiger partial charge on any atom is 0.307 e. The first kappa shape index (κ1) is 26.7. The zero-order chi connectivity index (χ0) is 22.7. The first-order chi connectivity index (χ1) is 14.0. The van der Waals surface area contributed by atoms with Crippen molar-refractivity contribution in [3.05, 3.63) is 23.8 Å². The average Bonchev–Trinajstić information content (AvgIpc) is 2.59. The van der Waals surface area contributed by atoms with Gasteiger partial charge in [-0.2, -0.15) is 0 Å². The lowest BCUT2D eigenvalue weighted by molar-refractivity contribution is -0.157. The van der Waals surface area contributed by atoms with Crippen molar-refractivity contribution in [3.63, 3.8) is 0 Å². The normalized spacial score (nSPS) is 17.7. The van der Waals surface area contributed by atoms with Gasteiger partial charge in [0.1, 0.15) is 5.60 Å². The van der Waals surface area contributed by atoms with Crippen LogP contribution in [0, 0.1) is 17.8 Å². The van der Waals surface area contributed by atoms with E-state index in [4.69, 9.17) is 16.3 Å². The molecule has 0 bridgehead atoms. The highest BCUT2D eigenvalue weighted by atomic mass is 35.5. The summed E-state index contributed by atoms with van der Waals surface area (Å²) in [7, 11) is 0. The molecule has 2 atom stereocenters. The Morgan fingerprint density at radius 2 is 1.80 bits per heavy atom. The van der Waals surface area contributed by atoms with Crippen LogP contribution in [0.1, 0.15) is 92.4 Å². The monoisotopic (exact) mass is 439 g/mol. The second-order valence-electron chi connectivity index (χ2n) is 10.1. The molecule has 0 unspecified atom stereocenters. The van der Waals surface area contributed by atoms with Crippen LogP contribution in [0.15, 0.2) is 23.8 Å². The number of hydrogen-bond acceptors (Lipinski definition) is 3. The summed E-state index contributed by atoms with van der Waals surface area (Å²) < 4.78 is 5.41. The number of amides is 1. The highest BCUT2D eigenvalue weighted by molar-refractivity contribution is 6.29. The van der Waals surface area contributed by atoms with Gasteiger partial charge >= 0.3 is 5.97 Å². The number of nitrogens with one attached hydrogen (secondary N) is 1. The summed E-state index contributed by atoms with van der Waals surface area (Å²) in [6.07, 6.45) is 12.8. The third-order valence-corrected chi connectivity index (χ3v) is 5.44. The van der Waals surface area contributed by atoms with Gasteiger partial charge in [-0.25, -0.2) is 0 Å². The first-order valence-corrected chi connectivity index (χ1v) is 11.9. The standard InChI is InChI=1S/C25H42ClNO3/c1-18(2)11-10-14-22(16-20-12-8-7-9-13-20)27-24(29)21(15-19(3)26)17-23(28)30-25(4,5)6/h10,14,18,20-22H,3,7-9,11-13,15-17H2,1-2,4-6H3,(H,27,29)/b14-10-/t21-,22+/m0/s1. The number of carbonyl (C=O) groups excluding carboxylic acids is 2. The summed E-state index contributed by atoms with van der Waals surface area (Å²) in [5, 5.41) is 3.55. The van der Waals surface area contributed by atoms with E-state index in [0.717, 1.165) is 12.8 Å². The van der Waals surface area contributed by atoms with Gasteiger partial charge in [0.15, 0.2) is 0 Å².